The average Bonchev–Trinajstić information content (AvgIpc) is 2.99. The van der Waals surface area contributed by atoms with Crippen LogP contribution in [0.5, 0.6) is 17.2 Å². The zero-order valence-electron chi connectivity index (χ0n) is 23.9. The lowest BCUT2D eigenvalue weighted by Gasteiger charge is -2.25. The summed E-state index contributed by atoms with van der Waals surface area (Å²) >= 11 is 0. The van der Waals surface area contributed by atoms with Gasteiger partial charge in [0.15, 0.2) is 11.5 Å². The van der Waals surface area contributed by atoms with Gasteiger partial charge in [-0.05, 0) is 75.4 Å². The molecule has 1 heterocycles. The molecule has 42 heavy (non-hydrogen) atoms. The fraction of sp³-hybridized carbons (Fsp3) is 0.219. The molecule has 1 aromatic heterocycles. The molecule has 0 spiro atoms. The van der Waals surface area contributed by atoms with Gasteiger partial charge in [-0.1, -0.05) is 24.3 Å². The van der Waals surface area contributed by atoms with E-state index in [1.807, 2.05) is 69.3 Å². The molecule has 0 aliphatic heterocycles. The number of nitrogens with two attached hydrogens (primary N) is 1. The highest BCUT2D eigenvalue weighted by molar-refractivity contribution is 5.95. The first-order chi connectivity index (χ1) is 20.3. The minimum atomic E-state index is -0.935. The molecule has 0 bridgehead atoms. The first kappa shape index (κ1) is 29.7. The number of nitrogen functional groups attached to an aromatic ring is 1. The number of aromatic nitrogens is 1. The Hall–Kier alpha value is -5.25. The van der Waals surface area contributed by atoms with E-state index in [1.165, 1.54) is 0 Å². The predicted molar refractivity (Wildman–Crippen MR) is 164 cm³/mol. The van der Waals surface area contributed by atoms with Crippen molar-refractivity contribution in [2.24, 2.45) is 5.73 Å². The molecular formula is C32H36N6O4. The predicted octanol–water partition coefficient (Wildman–Crippen LogP) is 5.43. The number of hydrazine groups is 1. The van der Waals surface area contributed by atoms with Crippen LogP contribution in [0.1, 0.15) is 43.6 Å². The van der Waals surface area contributed by atoms with Crippen molar-refractivity contribution in [3.05, 3.63) is 108 Å². The van der Waals surface area contributed by atoms with Crippen LogP contribution < -0.4 is 36.1 Å². The number of rotatable bonds is 14. The Balaban J connectivity index is 1.76. The lowest BCUT2D eigenvalue weighted by molar-refractivity contribution is -0.121. The van der Waals surface area contributed by atoms with Crippen molar-refractivity contribution in [3.63, 3.8) is 0 Å². The highest BCUT2D eigenvalue weighted by Crippen LogP contribution is 2.40. The van der Waals surface area contributed by atoms with Crippen LogP contribution in [0.2, 0.25) is 0 Å². The Morgan fingerprint density at radius 3 is 2.29 bits per heavy atom. The summed E-state index contributed by atoms with van der Waals surface area (Å²) in [6, 6.07) is 24.4. The van der Waals surface area contributed by atoms with Crippen LogP contribution in [-0.4, -0.2) is 29.4 Å². The summed E-state index contributed by atoms with van der Waals surface area (Å²) in [6.45, 7) is 6.31. The summed E-state index contributed by atoms with van der Waals surface area (Å²) in [5, 5.41) is 11.0. The van der Waals surface area contributed by atoms with Gasteiger partial charge in [0.05, 0.1) is 24.1 Å². The minimum Gasteiger partial charge on any atom is -0.490 e. The van der Waals surface area contributed by atoms with Crippen LogP contribution in [0.15, 0.2) is 91.1 Å². The van der Waals surface area contributed by atoms with E-state index < -0.39 is 6.04 Å². The third-order valence-corrected chi connectivity index (χ3v) is 6.02. The van der Waals surface area contributed by atoms with Gasteiger partial charge in [0, 0.05) is 29.1 Å². The third kappa shape index (κ3) is 8.14. The average molecular weight is 569 g/mol. The van der Waals surface area contributed by atoms with E-state index in [9.17, 15) is 4.79 Å². The molecule has 1 unspecified atom stereocenters. The van der Waals surface area contributed by atoms with Crippen molar-refractivity contribution >= 4 is 23.1 Å². The van der Waals surface area contributed by atoms with Gasteiger partial charge in [-0.2, -0.15) is 0 Å². The highest BCUT2D eigenvalue weighted by atomic mass is 16.5. The molecule has 10 heteroatoms. The lowest BCUT2D eigenvalue weighted by Crippen LogP contribution is -2.37. The molecule has 0 saturated carbocycles. The fourth-order valence-corrected chi connectivity index (χ4v) is 4.08. The van der Waals surface area contributed by atoms with Gasteiger partial charge in [0.25, 0.3) is 5.91 Å². The van der Waals surface area contributed by atoms with Crippen molar-refractivity contribution in [3.8, 4) is 17.2 Å². The second-order valence-corrected chi connectivity index (χ2v) is 9.59. The van der Waals surface area contributed by atoms with Crippen molar-refractivity contribution in [1.82, 2.24) is 10.4 Å². The zero-order valence-corrected chi connectivity index (χ0v) is 23.9. The van der Waals surface area contributed by atoms with Crippen molar-refractivity contribution in [2.75, 3.05) is 17.3 Å². The molecule has 0 radical (unpaired) electrons. The Morgan fingerprint density at radius 2 is 1.64 bits per heavy atom. The summed E-state index contributed by atoms with van der Waals surface area (Å²) in [7, 11) is 0. The van der Waals surface area contributed by atoms with Gasteiger partial charge >= 0.3 is 0 Å². The minimum absolute atomic E-state index is 0.0461. The number of nitrogens with one attached hydrogen (secondary N) is 4. The van der Waals surface area contributed by atoms with Crippen LogP contribution in [-0.2, 0) is 11.4 Å². The quantitative estimate of drug-likeness (QED) is 0.0770. The maximum Gasteiger partial charge on any atom is 0.265 e. The smallest absolute Gasteiger partial charge is 0.265 e. The number of amidine groups is 1. The molecule has 0 aliphatic rings. The Kier molecular flexibility index (Phi) is 10.2. The van der Waals surface area contributed by atoms with E-state index in [0.29, 0.717) is 40.7 Å². The number of hydrogen-bond donors (Lipinski definition) is 5. The maximum absolute atomic E-state index is 13.8. The second-order valence-electron chi connectivity index (χ2n) is 9.59. The molecular weight excluding hydrogens is 532 g/mol. The monoisotopic (exact) mass is 568 g/mol. The molecule has 4 aromatic rings. The van der Waals surface area contributed by atoms with Gasteiger partial charge < -0.3 is 25.3 Å². The van der Waals surface area contributed by atoms with Crippen LogP contribution in [0.4, 0.5) is 11.4 Å². The van der Waals surface area contributed by atoms with E-state index in [1.54, 1.807) is 42.6 Å². The number of ether oxygens (including phenoxy) is 3. The molecule has 4 rings (SSSR count). The van der Waals surface area contributed by atoms with E-state index in [4.69, 9.17) is 25.4 Å². The van der Waals surface area contributed by atoms with Gasteiger partial charge in [-0.15, -0.1) is 0 Å². The molecule has 0 saturated heterocycles. The van der Waals surface area contributed by atoms with Crippen LogP contribution in [0, 0.1) is 5.41 Å². The first-order valence-corrected chi connectivity index (χ1v) is 13.7. The number of nitrogens with zero attached hydrogens (tertiary/aromatic N) is 1. The summed E-state index contributed by atoms with van der Waals surface area (Å²) < 4.78 is 18.3. The number of anilines is 2. The standard InChI is InChI=1S/C32H36N6O4/c1-4-40-28-18-26(27(19-29(28)42-21(2)3)41-20-25-12-8-9-17-35-25)30(32(39)38-37-24-10-6-5-7-11-24)36-23-15-13-22(14-16-23)31(33)34/h5-19,21,30,36-37H,4,20H2,1-3H3,(H3,33,34)(H,38,39). The normalized spacial score (nSPS) is 11.3. The SMILES string of the molecule is CCOc1cc(C(Nc2ccc(C(=N)N)cc2)C(=O)NNc2ccccc2)c(OCc2ccccn2)cc1OC(C)C. The zero-order chi connectivity index (χ0) is 29.9. The first-order valence-electron chi connectivity index (χ1n) is 13.7. The number of pyridine rings is 1. The van der Waals surface area contributed by atoms with Crippen molar-refractivity contribution < 1.29 is 19.0 Å². The van der Waals surface area contributed by atoms with Gasteiger partial charge in [0.2, 0.25) is 0 Å². The van der Waals surface area contributed by atoms with Crippen LogP contribution in [0.3, 0.4) is 0 Å². The lowest BCUT2D eigenvalue weighted by atomic mass is 10.0. The number of carbonyl (C=O) groups excluding carboxylic acids is 1. The summed E-state index contributed by atoms with van der Waals surface area (Å²) in [5.74, 6) is 0.979. The molecule has 218 valence electrons. The van der Waals surface area contributed by atoms with E-state index in [0.717, 1.165) is 11.4 Å². The second kappa shape index (κ2) is 14.4. The molecule has 10 nitrogen and oxygen atoms in total. The summed E-state index contributed by atoms with van der Waals surface area (Å²) in [5.41, 5.74) is 14.6. The number of hydrogen-bond acceptors (Lipinski definition) is 8. The Bertz CT molecular complexity index is 1460. The molecule has 1 amide bonds. The molecule has 0 fully saturated rings. The summed E-state index contributed by atoms with van der Waals surface area (Å²) in [6.07, 6.45) is 1.58. The summed E-state index contributed by atoms with van der Waals surface area (Å²) in [4.78, 5) is 18.2. The number of para-hydroxylation sites is 1. The molecule has 1 atom stereocenters. The topological polar surface area (TPSA) is 144 Å². The fourth-order valence-electron chi connectivity index (χ4n) is 4.08. The highest BCUT2D eigenvalue weighted by Gasteiger charge is 2.27. The van der Waals surface area contributed by atoms with E-state index in [-0.39, 0.29) is 24.5 Å². The molecule has 6 N–H and O–H groups in total. The van der Waals surface area contributed by atoms with Gasteiger partial charge in [-0.3, -0.25) is 26.0 Å². The Labute approximate surface area is 245 Å². The van der Waals surface area contributed by atoms with E-state index in [2.05, 4.69) is 21.2 Å². The molecule has 3 aromatic carbocycles. The van der Waals surface area contributed by atoms with Crippen LogP contribution in [0.25, 0.3) is 0 Å². The number of benzene rings is 3. The van der Waals surface area contributed by atoms with Crippen molar-refractivity contribution in [1.29, 1.82) is 5.41 Å². The van der Waals surface area contributed by atoms with Gasteiger partial charge in [0.1, 0.15) is 24.2 Å². The van der Waals surface area contributed by atoms with Crippen molar-refractivity contribution in [2.45, 2.75) is 39.5 Å². The Morgan fingerprint density at radius 1 is 0.905 bits per heavy atom. The molecule has 0 aliphatic carbocycles. The van der Waals surface area contributed by atoms with E-state index >= 15 is 0 Å². The van der Waals surface area contributed by atoms with Gasteiger partial charge in [-0.25, -0.2) is 0 Å². The number of carbonyl (C=O) groups is 1. The third-order valence-electron chi connectivity index (χ3n) is 6.02. The largest absolute Gasteiger partial charge is 0.490 e. The number of amides is 1. The maximum atomic E-state index is 13.8. The van der Waals surface area contributed by atoms with Crippen LogP contribution >= 0.6 is 0 Å².